The van der Waals surface area contributed by atoms with Gasteiger partial charge in [0.05, 0.1) is 17.0 Å². The molecular formula is C18H16ClN5O3S2. The van der Waals surface area contributed by atoms with Crippen molar-refractivity contribution < 1.29 is 13.2 Å². The van der Waals surface area contributed by atoms with Gasteiger partial charge in [-0.3, -0.25) is 4.79 Å². The number of fused-ring (bicyclic) bond motifs is 1. The van der Waals surface area contributed by atoms with E-state index in [1.54, 1.807) is 47.6 Å². The van der Waals surface area contributed by atoms with E-state index in [-0.39, 0.29) is 23.7 Å². The number of sulfonamides is 1. The van der Waals surface area contributed by atoms with Crippen molar-refractivity contribution in [2.75, 3.05) is 17.6 Å². The van der Waals surface area contributed by atoms with Gasteiger partial charge in [-0.1, -0.05) is 11.6 Å². The van der Waals surface area contributed by atoms with Gasteiger partial charge in [0.2, 0.25) is 0 Å². The van der Waals surface area contributed by atoms with Crippen LogP contribution in [0.3, 0.4) is 0 Å². The minimum absolute atomic E-state index is 0.0888. The van der Waals surface area contributed by atoms with Gasteiger partial charge in [0.15, 0.2) is 11.0 Å². The Labute approximate surface area is 177 Å². The minimum Gasteiger partial charge on any atom is -0.331 e. The van der Waals surface area contributed by atoms with E-state index >= 15 is 0 Å². The highest BCUT2D eigenvalue weighted by atomic mass is 35.5. The van der Waals surface area contributed by atoms with E-state index < -0.39 is 15.9 Å². The average molecular weight is 450 g/mol. The van der Waals surface area contributed by atoms with Crippen LogP contribution in [0.2, 0.25) is 5.02 Å². The van der Waals surface area contributed by atoms with E-state index in [1.165, 1.54) is 11.8 Å². The summed E-state index contributed by atoms with van der Waals surface area (Å²) in [7, 11) is -1.72. The fourth-order valence-electron chi connectivity index (χ4n) is 2.82. The van der Waals surface area contributed by atoms with E-state index in [0.29, 0.717) is 10.7 Å². The number of benzene rings is 1. The van der Waals surface area contributed by atoms with Crippen LogP contribution in [0, 0.1) is 0 Å². The molecule has 0 fully saturated rings. The number of hydrogen-bond donors (Lipinski definition) is 1. The van der Waals surface area contributed by atoms with E-state index in [0.717, 1.165) is 10.1 Å². The lowest BCUT2D eigenvalue weighted by atomic mass is 10.1. The average Bonchev–Trinajstić information content (AvgIpc) is 3.07. The number of carbonyl (C=O) groups is 1. The summed E-state index contributed by atoms with van der Waals surface area (Å²) in [5, 5.41) is 4.03. The number of carbonyl (C=O) groups excluding carboxylic acids is 1. The van der Waals surface area contributed by atoms with Gasteiger partial charge in [0, 0.05) is 42.1 Å². The molecule has 150 valence electrons. The topological polar surface area (TPSA) is 96.7 Å². The van der Waals surface area contributed by atoms with Gasteiger partial charge >= 0.3 is 0 Å². The predicted octanol–water partition coefficient (Wildman–Crippen LogP) is 2.66. The molecule has 4 rings (SSSR count). The molecule has 0 saturated carbocycles. The van der Waals surface area contributed by atoms with E-state index in [9.17, 15) is 13.2 Å². The van der Waals surface area contributed by atoms with Crippen molar-refractivity contribution in [2.24, 2.45) is 11.4 Å². The number of amidine groups is 1. The van der Waals surface area contributed by atoms with Gasteiger partial charge in [-0.05, 0) is 42.1 Å². The summed E-state index contributed by atoms with van der Waals surface area (Å²) in [6.45, 7) is 0.250. The molecule has 3 heterocycles. The van der Waals surface area contributed by atoms with E-state index in [4.69, 9.17) is 11.6 Å². The van der Waals surface area contributed by atoms with Crippen LogP contribution in [-0.2, 0) is 21.9 Å². The van der Waals surface area contributed by atoms with Crippen LogP contribution in [0.15, 0.2) is 69.0 Å². The zero-order chi connectivity index (χ0) is 20.6. The van der Waals surface area contributed by atoms with Crippen LogP contribution in [0.4, 0.5) is 5.69 Å². The Hall–Kier alpha value is -2.56. The van der Waals surface area contributed by atoms with Gasteiger partial charge in [-0.25, -0.2) is 13.4 Å². The number of halogens is 1. The molecule has 0 radical (unpaired) electrons. The number of nitrogens with zero attached hydrogens (tertiary/aromatic N) is 4. The Balaban J connectivity index is 1.64. The summed E-state index contributed by atoms with van der Waals surface area (Å²) in [4.78, 5) is 19.7. The molecular weight excluding hydrogens is 434 g/mol. The first kappa shape index (κ1) is 19.7. The highest BCUT2D eigenvalue weighted by molar-refractivity contribution is 7.99. The molecule has 0 spiro atoms. The standard InChI is InChI=1S/C18H16ClN5O3S2/c1-23-8-6-20-18(23)28-15-5-4-12(19)11-14(15)21-17(25)13-3-2-7-24-9-10-29(26,27)22-16(13)24/h2-8,11H,9-10H2,1H3,(H,21,25). The van der Waals surface area contributed by atoms with Crippen molar-refractivity contribution in [1.82, 2.24) is 14.5 Å². The second-order valence-electron chi connectivity index (χ2n) is 6.33. The Morgan fingerprint density at radius 3 is 2.93 bits per heavy atom. The zero-order valence-corrected chi connectivity index (χ0v) is 17.6. The fraction of sp³-hybridized carbons (Fsp3) is 0.167. The molecule has 2 aliphatic heterocycles. The maximum atomic E-state index is 13.0. The van der Waals surface area contributed by atoms with Gasteiger partial charge in [0.25, 0.3) is 15.9 Å². The number of aromatic nitrogens is 2. The van der Waals surface area contributed by atoms with Gasteiger partial charge in [-0.2, -0.15) is 0 Å². The van der Waals surface area contributed by atoms with Crippen molar-refractivity contribution in [3.63, 3.8) is 0 Å². The van der Waals surface area contributed by atoms with Crippen molar-refractivity contribution in [3.8, 4) is 0 Å². The molecule has 1 amide bonds. The summed E-state index contributed by atoms with van der Waals surface area (Å²) in [5.41, 5.74) is 0.667. The summed E-state index contributed by atoms with van der Waals surface area (Å²) < 4.78 is 29.5. The third-order valence-corrected chi connectivity index (χ3v) is 6.81. The lowest BCUT2D eigenvalue weighted by Crippen LogP contribution is -2.40. The molecule has 0 bridgehead atoms. The maximum absolute atomic E-state index is 13.0. The van der Waals surface area contributed by atoms with Crippen LogP contribution < -0.4 is 5.32 Å². The maximum Gasteiger partial charge on any atom is 0.259 e. The van der Waals surface area contributed by atoms with E-state index in [2.05, 4.69) is 14.7 Å². The van der Waals surface area contributed by atoms with Crippen LogP contribution in [0.25, 0.3) is 0 Å². The highest BCUT2D eigenvalue weighted by Gasteiger charge is 2.30. The lowest BCUT2D eigenvalue weighted by Gasteiger charge is -2.28. The Morgan fingerprint density at radius 2 is 2.17 bits per heavy atom. The number of aryl methyl sites for hydroxylation is 1. The third kappa shape index (κ3) is 4.24. The lowest BCUT2D eigenvalue weighted by molar-refractivity contribution is -0.112. The molecule has 29 heavy (non-hydrogen) atoms. The minimum atomic E-state index is -3.59. The van der Waals surface area contributed by atoms with Crippen molar-refractivity contribution in [1.29, 1.82) is 0 Å². The summed E-state index contributed by atoms with van der Waals surface area (Å²) >= 11 is 7.50. The van der Waals surface area contributed by atoms with Crippen molar-refractivity contribution >= 4 is 50.8 Å². The fourth-order valence-corrected chi connectivity index (χ4v) is 4.85. The van der Waals surface area contributed by atoms with E-state index in [1.807, 2.05) is 17.8 Å². The van der Waals surface area contributed by atoms with Gasteiger partial charge in [0.1, 0.15) is 0 Å². The molecule has 0 saturated heterocycles. The first-order valence-corrected chi connectivity index (χ1v) is 11.4. The zero-order valence-electron chi connectivity index (χ0n) is 15.2. The molecule has 1 aromatic carbocycles. The Morgan fingerprint density at radius 1 is 1.34 bits per heavy atom. The SMILES string of the molecule is Cn1ccnc1Sc1ccc(Cl)cc1NC(=O)C1=CC=CN2CCS(=O)(=O)N=C12. The second kappa shape index (κ2) is 7.69. The molecule has 8 nitrogen and oxygen atoms in total. The number of imidazole rings is 1. The van der Waals surface area contributed by atoms with Gasteiger partial charge < -0.3 is 14.8 Å². The van der Waals surface area contributed by atoms with Crippen molar-refractivity contribution in [2.45, 2.75) is 10.1 Å². The number of anilines is 1. The summed E-state index contributed by atoms with van der Waals surface area (Å²) in [6, 6.07) is 5.16. The predicted molar refractivity (Wildman–Crippen MR) is 113 cm³/mol. The first-order chi connectivity index (χ1) is 13.8. The monoisotopic (exact) mass is 449 g/mol. The molecule has 0 atom stereocenters. The molecule has 0 unspecified atom stereocenters. The Kier molecular flexibility index (Phi) is 5.24. The molecule has 1 N–H and O–H groups in total. The van der Waals surface area contributed by atoms with Crippen LogP contribution in [-0.4, -0.2) is 46.9 Å². The molecule has 0 aliphatic carbocycles. The quantitative estimate of drug-likeness (QED) is 0.770. The van der Waals surface area contributed by atoms with Gasteiger partial charge in [-0.15, -0.1) is 4.40 Å². The Bertz CT molecular complexity index is 1180. The van der Waals surface area contributed by atoms with Crippen LogP contribution in [0.1, 0.15) is 0 Å². The number of allylic oxidation sites excluding steroid dienone is 2. The van der Waals surface area contributed by atoms with Crippen LogP contribution in [0.5, 0.6) is 0 Å². The summed E-state index contributed by atoms with van der Waals surface area (Å²) in [6.07, 6.45) is 8.44. The molecule has 2 aromatic rings. The molecule has 2 aliphatic rings. The summed E-state index contributed by atoms with van der Waals surface area (Å²) in [5.74, 6) is -0.440. The highest BCUT2D eigenvalue weighted by Crippen LogP contribution is 2.34. The number of amides is 1. The molecule has 1 aromatic heterocycles. The normalized spacial score (nSPS) is 17.4. The number of rotatable bonds is 4. The first-order valence-electron chi connectivity index (χ1n) is 8.57. The third-order valence-electron chi connectivity index (χ3n) is 4.27. The largest absolute Gasteiger partial charge is 0.331 e. The second-order valence-corrected chi connectivity index (χ2v) is 9.53. The molecule has 11 heteroatoms. The number of hydrogen-bond acceptors (Lipinski definition) is 6. The smallest absolute Gasteiger partial charge is 0.259 e. The van der Waals surface area contributed by atoms with Crippen molar-refractivity contribution in [3.05, 3.63) is 59.5 Å². The van der Waals surface area contributed by atoms with Crippen LogP contribution >= 0.6 is 23.4 Å². The number of nitrogens with one attached hydrogen (secondary N) is 1.